The van der Waals surface area contributed by atoms with Crippen LogP contribution < -0.4 is 5.32 Å². The van der Waals surface area contributed by atoms with E-state index in [2.05, 4.69) is 10.1 Å². The van der Waals surface area contributed by atoms with Gasteiger partial charge in [-0.25, -0.2) is 32.9 Å². The number of hydrogen-bond donors (Lipinski definition) is 2. The summed E-state index contributed by atoms with van der Waals surface area (Å²) in [5.41, 5.74) is -1.53. The zero-order valence-corrected chi connectivity index (χ0v) is 24.0. The molecule has 0 spiro atoms. The number of nitrogens with zero attached hydrogens (tertiary/aromatic N) is 1. The molecule has 0 radical (unpaired) electrons. The molecule has 1 aliphatic rings. The van der Waals surface area contributed by atoms with Gasteiger partial charge in [0.15, 0.2) is 17.4 Å². The molecule has 41 heavy (non-hydrogen) atoms. The van der Waals surface area contributed by atoms with Crippen LogP contribution in [-0.4, -0.2) is 76.2 Å². The first kappa shape index (κ1) is 34.9. The third-order valence-corrected chi connectivity index (χ3v) is 5.17. The molecule has 14 heteroatoms. The molecule has 0 unspecified atom stereocenters. The van der Waals surface area contributed by atoms with Crippen molar-refractivity contribution >= 4 is 35.8 Å². The van der Waals surface area contributed by atoms with Crippen molar-refractivity contribution in [1.29, 1.82) is 0 Å². The minimum atomic E-state index is -1.18. The van der Waals surface area contributed by atoms with Crippen molar-refractivity contribution in [3.63, 3.8) is 0 Å². The summed E-state index contributed by atoms with van der Waals surface area (Å²) >= 11 is 0. The predicted octanol–water partition coefficient (Wildman–Crippen LogP) is 3.99. The number of carboxylic acid groups (broad SMARTS) is 1. The number of aliphatic carboxylic acids is 1. The van der Waals surface area contributed by atoms with Crippen LogP contribution in [0.3, 0.4) is 0 Å². The fourth-order valence-corrected chi connectivity index (χ4v) is 3.39. The molecule has 0 aliphatic carbocycles. The molecule has 1 aromatic rings. The summed E-state index contributed by atoms with van der Waals surface area (Å²) < 4.78 is 40.7. The van der Waals surface area contributed by atoms with Crippen LogP contribution in [0.1, 0.15) is 77.6 Å². The molecule has 0 saturated carbocycles. The molecule has 2 atom stereocenters. The number of alkyl carbamates (subject to hydrolysis) is 1. The van der Waals surface area contributed by atoms with E-state index >= 15 is 0 Å². The van der Waals surface area contributed by atoms with Crippen molar-refractivity contribution in [1.82, 2.24) is 10.2 Å². The minimum Gasteiger partial charge on any atom is -0.480 e. The van der Waals surface area contributed by atoms with Crippen LogP contribution in [0.15, 0.2) is 18.2 Å². The summed E-state index contributed by atoms with van der Waals surface area (Å²) in [7, 11) is 1.14. The highest BCUT2D eigenvalue weighted by molar-refractivity contribution is 5.99. The van der Waals surface area contributed by atoms with Gasteiger partial charge in [-0.3, -0.25) is 9.59 Å². The molecule has 12 nitrogen and oxygen atoms in total. The monoisotopic (exact) mass is 586 g/mol. The number of likely N-dealkylation sites (tertiary alicyclic amines) is 1. The summed E-state index contributed by atoms with van der Waals surface area (Å²) in [6.45, 7) is 9.94. The number of carbonyl (C=O) groups excluding carboxylic acids is 5. The Morgan fingerprint density at radius 3 is 2.10 bits per heavy atom. The first-order valence-corrected chi connectivity index (χ1v) is 12.6. The lowest BCUT2D eigenvalue weighted by Crippen LogP contribution is -2.45. The van der Waals surface area contributed by atoms with Crippen LogP contribution in [0, 0.1) is 11.6 Å². The second kappa shape index (κ2) is 14.5. The number of amides is 3. The number of methoxy groups -OCH3 is 1. The Morgan fingerprint density at radius 1 is 1.02 bits per heavy atom. The Hall–Kier alpha value is -4.10. The zero-order chi connectivity index (χ0) is 31.7. The molecule has 1 fully saturated rings. The van der Waals surface area contributed by atoms with E-state index in [-0.39, 0.29) is 31.2 Å². The number of hydrogen-bond acceptors (Lipinski definition) is 9. The molecule has 1 aliphatic heterocycles. The molecular formula is C27H36F2N2O10. The first-order valence-electron chi connectivity index (χ1n) is 12.6. The molecule has 2 N–H and O–H groups in total. The van der Waals surface area contributed by atoms with Gasteiger partial charge in [-0.05, 0) is 72.6 Å². The van der Waals surface area contributed by atoms with Crippen molar-refractivity contribution in [2.24, 2.45) is 0 Å². The Balaban J connectivity index is 0.000000452. The number of ketones is 1. The second-order valence-corrected chi connectivity index (χ2v) is 10.9. The van der Waals surface area contributed by atoms with Crippen molar-refractivity contribution in [3.05, 3.63) is 35.4 Å². The number of benzene rings is 1. The number of carboxylic acids is 1. The van der Waals surface area contributed by atoms with Gasteiger partial charge in [0, 0.05) is 18.4 Å². The lowest BCUT2D eigenvalue weighted by Gasteiger charge is -2.25. The highest BCUT2D eigenvalue weighted by Gasteiger charge is 2.42. The number of halogens is 2. The summed E-state index contributed by atoms with van der Waals surface area (Å²) in [6, 6.07) is 0.581. The van der Waals surface area contributed by atoms with Crippen molar-refractivity contribution < 1.29 is 56.9 Å². The number of rotatable bonds is 7. The summed E-state index contributed by atoms with van der Waals surface area (Å²) in [4.78, 5) is 70.1. The van der Waals surface area contributed by atoms with Gasteiger partial charge >= 0.3 is 24.1 Å². The number of esters is 1. The Labute approximate surface area is 236 Å². The van der Waals surface area contributed by atoms with Crippen molar-refractivity contribution in [3.8, 4) is 0 Å². The van der Waals surface area contributed by atoms with Gasteiger partial charge in [-0.2, -0.15) is 0 Å². The van der Waals surface area contributed by atoms with E-state index in [0.29, 0.717) is 4.90 Å². The number of Topliss-reactive ketones (excluding diaryl/α,β-unsaturated/α-hetero) is 1. The van der Waals surface area contributed by atoms with Gasteiger partial charge in [0.25, 0.3) is 0 Å². The minimum absolute atomic E-state index is 0.0280. The van der Waals surface area contributed by atoms with Gasteiger partial charge in [-0.1, -0.05) is 0 Å². The second-order valence-electron chi connectivity index (χ2n) is 10.9. The zero-order valence-electron chi connectivity index (χ0n) is 24.0. The van der Waals surface area contributed by atoms with E-state index < -0.39 is 70.7 Å². The average Bonchev–Trinajstić information content (AvgIpc) is 3.22. The lowest BCUT2D eigenvalue weighted by molar-refractivity contribution is -0.145. The summed E-state index contributed by atoms with van der Waals surface area (Å²) in [5, 5.41) is 11.2. The maximum absolute atomic E-state index is 13.2. The fraction of sp³-hybridized carbons (Fsp3) is 0.556. The molecule has 1 heterocycles. The summed E-state index contributed by atoms with van der Waals surface area (Å²) in [6.07, 6.45) is -1.76. The number of imide groups is 1. The van der Waals surface area contributed by atoms with Crippen LogP contribution in [0.25, 0.3) is 0 Å². The number of ether oxygens (including phenoxy) is 3. The Bertz CT molecular complexity index is 1160. The fourth-order valence-electron chi connectivity index (χ4n) is 3.39. The molecule has 1 aromatic carbocycles. The van der Waals surface area contributed by atoms with Crippen LogP contribution in [-0.2, 0) is 28.6 Å². The number of nitrogens with one attached hydrogen (secondary N) is 1. The highest BCUT2D eigenvalue weighted by atomic mass is 19.2. The van der Waals surface area contributed by atoms with Gasteiger partial charge in [0.1, 0.15) is 23.3 Å². The topological polar surface area (TPSA) is 166 Å². The van der Waals surface area contributed by atoms with E-state index in [0.717, 1.165) is 25.3 Å². The number of carbonyl (C=O) groups is 6. The molecule has 2 rings (SSSR count). The quantitative estimate of drug-likeness (QED) is 0.271. The largest absolute Gasteiger partial charge is 0.480 e. The van der Waals surface area contributed by atoms with E-state index in [1.807, 2.05) is 0 Å². The SMILES string of the molecule is CC(C)(C)OC(=O)N1C(=O)CC[C@H]1C(=O)O.COC(=O)[C@H](CCC(=O)c1ccc(F)c(F)c1)NC(=O)OC(C)(C)C. The normalized spacial score (nSPS) is 15.7. The van der Waals surface area contributed by atoms with Gasteiger partial charge < -0.3 is 24.6 Å². The Morgan fingerprint density at radius 2 is 1.61 bits per heavy atom. The van der Waals surface area contributed by atoms with Gasteiger partial charge in [-0.15, -0.1) is 0 Å². The van der Waals surface area contributed by atoms with E-state index in [1.165, 1.54) is 0 Å². The predicted molar refractivity (Wildman–Crippen MR) is 139 cm³/mol. The van der Waals surface area contributed by atoms with Crippen LogP contribution >= 0.6 is 0 Å². The molecule has 1 saturated heterocycles. The van der Waals surface area contributed by atoms with E-state index in [1.54, 1.807) is 41.5 Å². The smallest absolute Gasteiger partial charge is 0.417 e. The van der Waals surface area contributed by atoms with E-state index in [9.17, 15) is 37.5 Å². The van der Waals surface area contributed by atoms with Crippen molar-refractivity contribution in [2.75, 3.05) is 7.11 Å². The van der Waals surface area contributed by atoms with Crippen LogP contribution in [0.2, 0.25) is 0 Å². The molecular weight excluding hydrogens is 550 g/mol. The first-order chi connectivity index (χ1) is 18.8. The molecule has 0 bridgehead atoms. The van der Waals surface area contributed by atoms with Gasteiger partial charge in [0.2, 0.25) is 5.91 Å². The standard InChI is InChI=1S/C17H21F2NO5.C10H15NO5/c1-17(2,3)25-16(23)20-13(15(22)24-4)7-8-14(21)10-5-6-11(18)12(19)9-10;1-10(2,3)16-9(15)11-6(8(13)14)4-5-7(11)12/h5-6,9,13H,7-8H2,1-4H3,(H,20,23);6H,4-5H2,1-3H3,(H,13,14)/t13-;6-/m00/s1. The molecule has 228 valence electrons. The molecule has 0 aromatic heterocycles. The summed E-state index contributed by atoms with van der Waals surface area (Å²) in [5.74, 6) is -5.13. The third kappa shape index (κ3) is 11.9. The van der Waals surface area contributed by atoms with E-state index in [4.69, 9.17) is 14.6 Å². The van der Waals surface area contributed by atoms with Crippen LogP contribution in [0.4, 0.5) is 18.4 Å². The highest BCUT2D eigenvalue weighted by Crippen LogP contribution is 2.22. The van der Waals surface area contributed by atoms with Crippen molar-refractivity contribution in [2.45, 2.75) is 90.5 Å². The van der Waals surface area contributed by atoms with Crippen LogP contribution in [0.5, 0.6) is 0 Å². The third-order valence-electron chi connectivity index (χ3n) is 5.17. The lowest BCUT2D eigenvalue weighted by atomic mass is 10.0. The maximum Gasteiger partial charge on any atom is 0.417 e. The van der Waals surface area contributed by atoms with Gasteiger partial charge in [0.05, 0.1) is 7.11 Å². The molecule has 3 amide bonds. The average molecular weight is 587 g/mol. The maximum atomic E-state index is 13.2. The Kier molecular flexibility index (Phi) is 12.4.